The van der Waals surface area contributed by atoms with E-state index in [1.807, 2.05) is 19.3 Å². The van der Waals surface area contributed by atoms with Crippen LogP contribution in [0, 0.1) is 6.92 Å². The van der Waals surface area contributed by atoms with Crippen molar-refractivity contribution in [1.29, 1.82) is 0 Å². The number of hydrogen-bond donors (Lipinski definition) is 3. The molecule has 5 N–H and O–H groups in total. The zero-order chi connectivity index (χ0) is 19.2. The maximum absolute atomic E-state index is 6.65. The van der Waals surface area contributed by atoms with Crippen LogP contribution < -0.4 is 16.8 Å². The number of nitrogens with one attached hydrogen (secondary N) is 1. The number of rotatable bonds is 3. The zero-order valence-electron chi connectivity index (χ0n) is 16.9. The molecule has 2 aliphatic heterocycles. The quantitative estimate of drug-likeness (QED) is 0.659. The van der Waals surface area contributed by atoms with Gasteiger partial charge in [0.25, 0.3) is 0 Å². The number of hydrogen-bond acceptors (Lipinski definition) is 6. The van der Waals surface area contributed by atoms with Gasteiger partial charge >= 0.3 is 0 Å². The van der Waals surface area contributed by atoms with E-state index in [2.05, 4.69) is 40.3 Å². The summed E-state index contributed by atoms with van der Waals surface area (Å²) in [6, 6.07) is 4.64. The van der Waals surface area contributed by atoms with E-state index in [0.717, 1.165) is 31.6 Å². The fraction of sp³-hybridized carbons (Fsp3) is 0.571. The van der Waals surface area contributed by atoms with Crippen molar-refractivity contribution in [2.45, 2.75) is 49.5 Å². The molecule has 0 saturated carbocycles. The SMILES string of the molecule is CNC1(N)C=C2CCN3C[C@@H](c4cc(C)ccn4)[C@H](N)C[C@@H]3C2=CC1OC.Cl. The lowest BCUT2D eigenvalue weighted by Crippen LogP contribution is -2.62. The van der Waals surface area contributed by atoms with E-state index < -0.39 is 5.66 Å². The molecule has 2 fully saturated rings. The van der Waals surface area contributed by atoms with Crippen LogP contribution in [0.3, 0.4) is 0 Å². The Morgan fingerprint density at radius 2 is 2.18 bits per heavy atom. The highest BCUT2D eigenvalue weighted by Gasteiger charge is 2.44. The number of methoxy groups -OCH3 is 1. The van der Waals surface area contributed by atoms with E-state index >= 15 is 0 Å². The van der Waals surface area contributed by atoms with E-state index in [9.17, 15) is 0 Å². The highest BCUT2D eigenvalue weighted by atomic mass is 35.5. The van der Waals surface area contributed by atoms with Gasteiger partial charge in [-0.1, -0.05) is 0 Å². The third kappa shape index (κ3) is 3.65. The summed E-state index contributed by atoms with van der Waals surface area (Å²) in [5.74, 6) is 0.278. The van der Waals surface area contributed by atoms with E-state index in [1.54, 1.807) is 7.11 Å². The van der Waals surface area contributed by atoms with Crippen LogP contribution in [0.5, 0.6) is 0 Å². The molecule has 2 unspecified atom stereocenters. The summed E-state index contributed by atoms with van der Waals surface area (Å²) in [7, 11) is 3.60. The normalized spacial score (nSPS) is 35.2. The van der Waals surface area contributed by atoms with Gasteiger partial charge in [0.1, 0.15) is 11.8 Å². The molecule has 154 valence electrons. The van der Waals surface area contributed by atoms with Gasteiger partial charge in [-0.25, -0.2) is 0 Å². The standard InChI is InChI=1S/C21H31N5O.ClH/c1-13-4-6-25-18(8-13)16-12-26-7-5-14-11-21(23,24-2)20(27-3)9-15(14)19(26)10-17(16)22;/h4,6,8-9,11,16-17,19-20,24H,5,7,10,12,22-23H2,1-3H3;1H/t16-,17-,19-,20?,21?;/m1./s1. The lowest BCUT2D eigenvalue weighted by molar-refractivity contribution is 0.0706. The first-order chi connectivity index (χ1) is 12.9. The number of likely N-dealkylation sites (N-methyl/N-ethyl adjacent to an activating group) is 1. The first kappa shape index (κ1) is 21.4. The van der Waals surface area contributed by atoms with Crippen molar-refractivity contribution >= 4 is 12.4 Å². The second-order valence-corrected chi connectivity index (χ2v) is 8.16. The fourth-order valence-electron chi connectivity index (χ4n) is 4.88. The average molecular weight is 406 g/mol. The number of piperidine rings is 2. The third-order valence-electron chi connectivity index (χ3n) is 6.50. The molecule has 3 aliphatic rings. The maximum Gasteiger partial charge on any atom is 0.116 e. The molecule has 1 aliphatic carbocycles. The Hall–Kier alpha value is -1.28. The second-order valence-electron chi connectivity index (χ2n) is 8.16. The number of fused-ring (bicyclic) bond motifs is 3. The largest absolute Gasteiger partial charge is 0.374 e. The Labute approximate surface area is 173 Å². The molecule has 7 heteroatoms. The number of nitrogens with zero attached hydrogens (tertiary/aromatic N) is 2. The lowest BCUT2D eigenvalue weighted by Gasteiger charge is -2.49. The minimum absolute atomic E-state index is 0. The molecule has 6 nitrogen and oxygen atoms in total. The van der Waals surface area contributed by atoms with Gasteiger partial charge in [0.05, 0.1) is 0 Å². The van der Waals surface area contributed by atoms with Crippen molar-refractivity contribution in [3.63, 3.8) is 0 Å². The minimum atomic E-state index is -0.652. The highest BCUT2D eigenvalue weighted by Crippen LogP contribution is 2.41. The molecule has 0 aromatic carbocycles. The molecule has 0 radical (unpaired) electrons. The first-order valence-electron chi connectivity index (χ1n) is 9.81. The van der Waals surface area contributed by atoms with Gasteiger partial charge in [0, 0.05) is 50.1 Å². The molecule has 0 spiro atoms. The summed E-state index contributed by atoms with van der Waals surface area (Å²) in [6.45, 7) is 4.09. The lowest BCUT2D eigenvalue weighted by atomic mass is 9.75. The Morgan fingerprint density at radius 1 is 1.39 bits per heavy atom. The molecule has 0 amide bonds. The van der Waals surface area contributed by atoms with Crippen molar-refractivity contribution in [3.05, 3.63) is 52.9 Å². The number of nitrogens with two attached hydrogens (primary N) is 2. The van der Waals surface area contributed by atoms with Gasteiger partial charge in [-0.15, -0.1) is 12.4 Å². The highest BCUT2D eigenvalue weighted by molar-refractivity contribution is 5.85. The average Bonchev–Trinajstić information content (AvgIpc) is 2.67. The van der Waals surface area contributed by atoms with Crippen molar-refractivity contribution in [2.75, 3.05) is 27.2 Å². The van der Waals surface area contributed by atoms with E-state index in [0.29, 0.717) is 6.04 Å². The van der Waals surface area contributed by atoms with Gasteiger partial charge in [-0.2, -0.15) is 0 Å². The fourth-order valence-corrected chi connectivity index (χ4v) is 4.88. The van der Waals surface area contributed by atoms with Crippen molar-refractivity contribution in [1.82, 2.24) is 15.2 Å². The van der Waals surface area contributed by atoms with Crippen molar-refractivity contribution in [2.24, 2.45) is 11.5 Å². The number of pyridine rings is 1. The number of aromatic nitrogens is 1. The molecule has 0 bridgehead atoms. The predicted octanol–water partition coefficient (Wildman–Crippen LogP) is 1.46. The van der Waals surface area contributed by atoms with Crippen molar-refractivity contribution < 1.29 is 4.74 Å². The molecule has 1 aromatic heterocycles. The van der Waals surface area contributed by atoms with Crippen LogP contribution in [-0.4, -0.2) is 61.0 Å². The minimum Gasteiger partial charge on any atom is -0.374 e. The predicted molar refractivity (Wildman–Crippen MR) is 114 cm³/mol. The van der Waals surface area contributed by atoms with Crippen LogP contribution in [0.2, 0.25) is 0 Å². The maximum atomic E-state index is 6.65. The molecular formula is C21H32ClN5O. The molecule has 3 heterocycles. The van der Waals surface area contributed by atoms with Crippen LogP contribution in [0.1, 0.15) is 30.0 Å². The summed E-state index contributed by atoms with van der Waals surface area (Å²) in [6.07, 6.45) is 8.01. The molecule has 2 saturated heterocycles. The van der Waals surface area contributed by atoms with Crippen LogP contribution >= 0.6 is 12.4 Å². The van der Waals surface area contributed by atoms with Crippen LogP contribution in [0.4, 0.5) is 0 Å². The number of aryl methyl sites for hydroxylation is 1. The summed E-state index contributed by atoms with van der Waals surface area (Å²) < 4.78 is 5.69. The van der Waals surface area contributed by atoms with Crippen molar-refractivity contribution in [3.8, 4) is 0 Å². The van der Waals surface area contributed by atoms with E-state index in [-0.39, 0.29) is 30.5 Å². The molecule has 4 rings (SSSR count). The van der Waals surface area contributed by atoms with Gasteiger partial charge < -0.3 is 16.2 Å². The Balaban J connectivity index is 0.00000225. The summed E-state index contributed by atoms with van der Waals surface area (Å²) in [5.41, 5.74) is 17.6. The van der Waals surface area contributed by atoms with Crippen LogP contribution in [0.25, 0.3) is 0 Å². The van der Waals surface area contributed by atoms with Gasteiger partial charge in [-0.05, 0) is 67.8 Å². The molecule has 1 aromatic rings. The summed E-state index contributed by atoms with van der Waals surface area (Å²) in [5, 5.41) is 3.21. The van der Waals surface area contributed by atoms with Gasteiger partial charge in [0.2, 0.25) is 0 Å². The van der Waals surface area contributed by atoms with Gasteiger partial charge in [-0.3, -0.25) is 15.2 Å². The van der Waals surface area contributed by atoms with E-state index in [4.69, 9.17) is 16.2 Å². The number of halogens is 1. The smallest absolute Gasteiger partial charge is 0.116 e. The first-order valence-corrected chi connectivity index (χ1v) is 9.81. The van der Waals surface area contributed by atoms with Crippen LogP contribution in [0.15, 0.2) is 41.6 Å². The molecule has 5 atom stereocenters. The van der Waals surface area contributed by atoms with Crippen LogP contribution in [-0.2, 0) is 4.74 Å². The Morgan fingerprint density at radius 3 is 2.86 bits per heavy atom. The topological polar surface area (TPSA) is 89.4 Å². The Kier molecular flexibility index (Phi) is 6.29. The summed E-state index contributed by atoms with van der Waals surface area (Å²) in [4.78, 5) is 7.18. The van der Waals surface area contributed by atoms with Gasteiger partial charge in [0.15, 0.2) is 0 Å². The Bertz CT molecular complexity index is 782. The third-order valence-corrected chi connectivity index (χ3v) is 6.50. The van der Waals surface area contributed by atoms with E-state index in [1.165, 1.54) is 16.7 Å². The molecule has 28 heavy (non-hydrogen) atoms. The number of ether oxygens (including phenoxy) is 1. The molecular weight excluding hydrogens is 374 g/mol. The zero-order valence-corrected chi connectivity index (χ0v) is 17.7. The monoisotopic (exact) mass is 405 g/mol. The second kappa shape index (κ2) is 8.22. The summed E-state index contributed by atoms with van der Waals surface area (Å²) >= 11 is 0.